The Morgan fingerprint density at radius 3 is 2.86 bits per heavy atom. The van der Waals surface area contributed by atoms with E-state index in [2.05, 4.69) is 15.2 Å². The van der Waals surface area contributed by atoms with E-state index in [9.17, 15) is 5.11 Å². The van der Waals surface area contributed by atoms with Crippen LogP contribution in [0.4, 0.5) is 0 Å². The van der Waals surface area contributed by atoms with Crippen LogP contribution < -0.4 is 0 Å². The molecule has 0 saturated heterocycles. The van der Waals surface area contributed by atoms with Gasteiger partial charge in [-0.25, -0.2) is 4.98 Å². The zero-order chi connectivity index (χ0) is 9.97. The van der Waals surface area contributed by atoms with Crippen LogP contribution in [0.2, 0.25) is 0 Å². The minimum absolute atomic E-state index is 0.667. The maximum absolute atomic E-state index is 9.88. The molecule has 1 atom stereocenters. The Hall–Kier alpha value is -1.33. The third-order valence-corrected chi connectivity index (χ3v) is 2.63. The number of aliphatic hydroxyl groups is 1. The lowest BCUT2D eigenvalue weighted by molar-refractivity contribution is 0.215. The molecule has 0 aliphatic rings. The first-order valence-electron chi connectivity index (χ1n) is 4.14. The van der Waals surface area contributed by atoms with Gasteiger partial charge in [-0.2, -0.15) is 10.2 Å². The van der Waals surface area contributed by atoms with Crippen LogP contribution in [0, 0.1) is 6.92 Å². The quantitative estimate of drug-likeness (QED) is 0.807. The van der Waals surface area contributed by atoms with Gasteiger partial charge in [-0.3, -0.25) is 0 Å². The predicted molar refractivity (Wildman–Crippen MR) is 52.9 cm³/mol. The van der Waals surface area contributed by atoms with Crippen LogP contribution in [0.15, 0.2) is 23.8 Å². The number of nitrogens with zero attached hydrogens (tertiary/aromatic N) is 3. The van der Waals surface area contributed by atoms with Crippen LogP contribution >= 0.6 is 11.3 Å². The van der Waals surface area contributed by atoms with Crippen molar-refractivity contribution >= 4 is 11.3 Å². The first-order chi connectivity index (χ1) is 6.77. The molecule has 2 aromatic rings. The van der Waals surface area contributed by atoms with Crippen molar-refractivity contribution < 1.29 is 5.11 Å². The van der Waals surface area contributed by atoms with E-state index in [0.717, 1.165) is 5.01 Å². The summed E-state index contributed by atoms with van der Waals surface area (Å²) in [6.45, 7) is 1.91. The number of aryl methyl sites for hydroxylation is 1. The number of rotatable bonds is 2. The summed E-state index contributed by atoms with van der Waals surface area (Å²) in [6.07, 6.45) is 2.40. The molecule has 72 valence electrons. The predicted octanol–water partition coefficient (Wildman–Crippen LogP) is 1.32. The molecule has 0 aliphatic heterocycles. The van der Waals surface area contributed by atoms with E-state index >= 15 is 0 Å². The summed E-state index contributed by atoms with van der Waals surface area (Å²) >= 11 is 1.52. The summed E-state index contributed by atoms with van der Waals surface area (Å²) in [5.41, 5.74) is 1.38. The summed E-state index contributed by atoms with van der Waals surface area (Å²) < 4.78 is 0. The standard InChI is InChI=1S/C9H9N3OS/c1-6-12-8(5-14-6)9(13)7-2-3-10-11-4-7/h2-5,9,13H,1H3. The highest BCUT2D eigenvalue weighted by Gasteiger charge is 2.13. The second-order valence-corrected chi connectivity index (χ2v) is 3.93. The van der Waals surface area contributed by atoms with E-state index < -0.39 is 6.10 Å². The molecule has 0 bridgehead atoms. The second kappa shape index (κ2) is 3.81. The van der Waals surface area contributed by atoms with Crippen molar-refractivity contribution in [3.63, 3.8) is 0 Å². The number of aromatic nitrogens is 3. The van der Waals surface area contributed by atoms with Gasteiger partial charge in [-0.1, -0.05) is 0 Å². The van der Waals surface area contributed by atoms with Gasteiger partial charge >= 0.3 is 0 Å². The molecule has 5 heteroatoms. The molecule has 2 aromatic heterocycles. The fourth-order valence-electron chi connectivity index (χ4n) is 1.14. The van der Waals surface area contributed by atoms with Crippen LogP contribution in [0.25, 0.3) is 0 Å². The summed E-state index contributed by atoms with van der Waals surface area (Å²) in [7, 11) is 0. The minimum atomic E-state index is -0.699. The first kappa shape index (κ1) is 9.23. The summed E-state index contributed by atoms with van der Waals surface area (Å²) in [5.74, 6) is 0. The highest BCUT2D eigenvalue weighted by atomic mass is 32.1. The number of hydrogen-bond acceptors (Lipinski definition) is 5. The molecule has 1 N–H and O–H groups in total. The van der Waals surface area contributed by atoms with E-state index in [1.807, 2.05) is 12.3 Å². The number of thiazole rings is 1. The topological polar surface area (TPSA) is 58.9 Å². The van der Waals surface area contributed by atoms with Gasteiger partial charge in [0.25, 0.3) is 0 Å². The maximum atomic E-state index is 9.88. The van der Waals surface area contributed by atoms with Gasteiger partial charge in [-0.05, 0) is 13.0 Å². The van der Waals surface area contributed by atoms with Gasteiger partial charge in [0.15, 0.2) is 0 Å². The molecule has 0 fully saturated rings. The zero-order valence-electron chi connectivity index (χ0n) is 7.58. The van der Waals surface area contributed by atoms with Crippen molar-refractivity contribution in [1.29, 1.82) is 0 Å². The molecule has 0 amide bonds. The largest absolute Gasteiger partial charge is 0.382 e. The van der Waals surface area contributed by atoms with E-state index in [-0.39, 0.29) is 0 Å². The smallest absolute Gasteiger partial charge is 0.123 e. The molecule has 2 rings (SSSR count). The summed E-state index contributed by atoms with van der Waals surface area (Å²) in [5, 5.41) is 20.0. The lowest BCUT2D eigenvalue weighted by atomic mass is 10.1. The van der Waals surface area contributed by atoms with E-state index in [4.69, 9.17) is 0 Å². The SMILES string of the molecule is Cc1nc(C(O)c2ccnnc2)cs1. The molecular formula is C9H9N3OS. The molecule has 0 aromatic carbocycles. The molecule has 1 unspecified atom stereocenters. The molecule has 0 spiro atoms. The normalized spacial score (nSPS) is 12.7. The van der Waals surface area contributed by atoms with Crippen molar-refractivity contribution in [2.45, 2.75) is 13.0 Å². The van der Waals surface area contributed by atoms with Crippen molar-refractivity contribution in [1.82, 2.24) is 15.2 Å². The molecular weight excluding hydrogens is 198 g/mol. The Kier molecular flexibility index (Phi) is 2.51. The first-order valence-corrected chi connectivity index (χ1v) is 5.02. The van der Waals surface area contributed by atoms with Gasteiger partial charge in [0.05, 0.1) is 16.9 Å². The highest BCUT2D eigenvalue weighted by molar-refractivity contribution is 7.09. The second-order valence-electron chi connectivity index (χ2n) is 2.87. The molecule has 0 radical (unpaired) electrons. The van der Waals surface area contributed by atoms with Crippen LogP contribution in [0.1, 0.15) is 22.4 Å². The Morgan fingerprint density at radius 1 is 1.43 bits per heavy atom. The van der Waals surface area contributed by atoms with Gasteiger partial charge in [0.2, 0.25) is 0 Å². The summed E-state index contributed by atoms with van der Waals surface area (Å²) in [4.78, 5) is 4.21. The van der Waals surface area contributed by atoms with Crippen molar-refractivity contribution in [3.05, 3.63) is 40.1 Å². The Bertz CT molecular complexity index is 415. The van der Waals surface area contributed by atoms with Crippen LogP contribution in [0.5, 0.6) is 0 Å². The molecule has 14 heavy (non-hydrogen) atoms. The van der Waals surface area contributed by atoms with Gasteiger partial charge in [0, 0.05) is 17.1 Å². The number of aliphatic hydroxyl groups excluding tert-OH is 1. The van der Waals surface area contributed by atoms with E-state index in [0.29, 0.717) is 11.3 Å². The van der Waals surface area contributed by atoms with Crippen LogP contribution in [-0.2, 0) is 0 Å². The highest BCUT2D eigenvalue weighted by Crippen LogP contribution is 2.21. The average Bonchev–Trinajstić information content (AvgIpc) is 2.65. The van der Waals surface area contributed by atoms with E-state index in [1.54, 1.807) is 18.5 Å². The Labute approximate surface area is 85.3 Å². The fourth-order valence-corrected chi connectivity index (χ4v) is 1.77. The molecule has 4 nitrogen and oxygen atoms in total. The zero-order valence-corrected chi connectivity index (χ0v) is 8.40. The van der Waals surface area contributed by atoms with Crippen LogP contribution in [-0.4, -0.2) is 20.3 Å². The fraction of sp³-hybridized carbons (Fsp3) is 0.222. The van der Waals surface area contributed by atoms with E-state index in [1.165, 1.54) is 11.3 Å². The minimum Gasteiger partial charge on any atom is -0.382 e. The monoisotopic (exact) mass is 207 g/mol. The van der Waals surface area contributed by atoms with Gasteiger partial charge < -0.3 is 5.11 Å². The lowest BCUT2D eigenvalue weighted by Crippen LogP contribution is -2.00. The molecule has 0 saturated carbocycles. The van der Waals surface area contributed by atoms with Gasteiger partial charge in [0.1, 0.15) is 6.10 Å². The third-order valence-electron chi connectivity index (χ3n) is 1.84. The third kappa shape index (κ3) is 1.78. The number of hydrogen-bond donors (Lipinski definition) is 1. The van der Waals surface area contributed by atoms with Crippen LogP contribution in [0.3, 0.4) is 0 Å². The van der Waals surface area contributed by atoms with Gasteiger partial charge in [-0.15, -0.1) is 11.3 Å². The molecule has 2 heterocycles. The molecule has 0 aliphatic carbocycles. The Balaban J connectivity index is 2.29. The summed E-state index contributed by atoms with van der Waals surface area (Å²) in [6, 6.07) is 1.73. The van der Waals surface area contributed by atoms with Crippen molar-refractivity contribution in [2.75, 3.05) is 0 Å². The average molecular weight is 207 g/mol. The lowest BCUT2D eigenvalue weighted by Gasteiger charge is -2.05. The van der Waals surface area contributed by atoms with Crippen molar-refractivity contribution in [2.24, 2.45) is 0 Å². The van der Waals surface area contributed by atoms with Crippen molar-refractivity contribution in [3.8, 4) is 0 Å². The maximum Gasteiger partial charge on any atom is 0.123 e. The Morgan fingerprint density at radius 2 is 2.29 bits per heavy atom.